The summed E-state index contributed by atoms with van der Waals surface area (Å²) in [4.78, 5) is 6.68. The monoisotopic (exact) mass is 202 g/mol. The minimum Gasteiger partial charge on any atom is -0.360 e. The highest BCUT2D eigenvalue weighted by molar-refractivity contribution is 7.85. The Balaban J connectivity index is 2.36. The van der Waals surface area contributed by atoms with E-state index in [1.54, 1.807) is 12.3 Å². The first-order chi connectivity index (χ1) is 6.08. The summed E-state index contributed by atoms with van der Waals surface area (Å²) in [5.74, 6) is -0.343. The average Bonchev–Trinajstić information content (AvgIpc) is 2.48. The van der Waals surface area contributed by atoms with Crippen LogP contribution in [-0.4, -0.2) is 36.5 Å². The molecule has 0 bridgehead atoms. The van der Waals surface area contributed by atoms with Crippen molar-refractivity contribution in [3.63, 3.8) is 0 Å². The molecule has 0 fully saturated rings. The van der Waals surface area contributed by atoms with E-state index in [4.69, 9.17) is 4.55 Å². The van der Waals surface area contributed by atoms with Gasteiger partial charge in [-0.15, -0.1) is 0 Å². The Morgan fingerprint density at radius 1 is 1.62 bits per heavy atom. The zero-order valence-electron chi connectivity index (χ0n) is 6.84. The van der Waals surface area contributed by atoms with Gasteiger partial charge in [0.05, 0.1) is 18.0 Å². The number of hydrogen-bond donors (Lipinski definition) is 2. The Morgan fingerprint density at radius 3 is 2.92 bits per heavy atom. The number of H-pyrrole nitrogens is 1. The van der Waals surface area contributed by atoms with Gasteiger partial charge in [0.15, 0.2) is 0 Å². The van der Waals surface area contributed by atoms with Crippen LogP contribution in [0.5, 0.6) is 0 Å². The van der Waals surface area contributed by atoms with Crippen molar-refractivity contribution < 1.29 is 13.0 Å². The molecule has 1 aromatic rings. The maximum atomic E-state index is 10.3. The van der Waals surface area contributed by atoms with Gasteiger partial charge in [0, 0.05) is 12.4 Å². The zero-order chi connectivity index (χ0) is 9.73. The van der Waals surface area contributed by atoms with Crippen LogP contribution in [0.25, 0.3) is 0 Å². The predicted octanol–water partition coefficient (Wildman–Crippen LogP) is 0.321. The lowest BCUT2D eigenvalue weighted by Gasteiger charge is -1.90. The maximum absolute atomic E-state index is 10.3. The van der Waals surface area contributed by atoms with Crippen molar-refractivity contribution >= 4 is 16.3 Å². The summed E-state index contributed by atoms with van der Waals surface area (Å²) in [6.45, 7) is 0.0673. The van der Waals surface area contributed by atoms with Crippen LogP contribution in [0.4, 0.5) is 0 Å². The standard InChI is InChI=1S/C7H10N2O3S/c10-13(11,12)5-4-8-6-7-2-1-3-9-7/h1-3,6,9H,4-5H2,(H,10,11,12). The fourth-order valence-electron chi connectivity index (χ4n) is 0.755. The van der Waals surface area contributed by atoms with Gasteiger partial charge in [-0.25, -0.2) is 0 Å². The highest BCUT2D eigenvalue weighted by Crippen LogP contribution is 1.89. The van der Waals surface area contributed by atoms with Crippen LogP contribution in [0.2, 0.25) is 0 Å². The lowest BCUT2D eigenvalue weighted by Crippen LogP contribution is -2.06. The Hall–Kier alpha value is -1.14. The van der Waals surface area contributed by atoms with Crippen molar-refractivity contribution in [2.24, 2.45) is 4.99 Å². The molecule has 0 radical (unpaired) electrons. The molecule has 0 spiro atoms. The van der Waals surface area contributed by atoms with E-state index in [1.807, 2.05) is 6.07 Å². The molecule has 13 heavy (non-hydrogen) atoms. The SMILES string of the molecule is O=S(=O)(O)CCN=Cc1ccc[nH]1. The number of aromatic nitrogens is 1. The van der Waals surface area contributed by atoms with E-state index < -0.39 is 10.1 Å². The van der Waals surface area contributed by atoms with E-state index in [2.05, 4.69) is 9.98 Å². The topological polar surface area (TPSA) is 82.5 Å². The lowest BCUT2D eigenvalue weighted by atomic mass is 10.5. The van der Waals surface area contributed by atoms with Crippen LogP contribution in [-0.2, 0) is 10.1 Å². The maximum Gasteiger partial charge on any atom is 0.266 e. The van der Waals surface area contributed by atoms with Crippen LogP contribution in [0.1, 0.15) is 5.69 Å². The fraction of sp³-hybridized carbons (Fsp3) is 0.286. The smallest absolute Gasteiger partial charge is 0.266 e. The number of aliphatic imine (C=N–C) groups is 1. The second-order valence-corrected chi connectivity index (χ2v) is 4.02. The summed E-state index contributed by atoms with van der Waals surface area (Å²) >= 11 is 0. The van der Waals surface area contributed by atoms with Crippen molar-refractivity contribution in [2.45, 2.75) is 0 Å². The highest BCUT2D eigenvalue weighted by atomic mass is 32.2. The van der Waals surface area contributed by atoms with E-state index in [0.29, 0.717) is 0 Å². The van der Waals surface area contributed by atoms with Crippen LogP contribution in [0.15, 0.2) is 23.3 Å². The molecule has 5 nitrogen and oxygen atoms in total. The predicted molar refractivity (Wildman–Crippen MR) is 49.7 cm³/mol. The van der Waals surface area contributed by atoms with Crippen LogP contribution >= 0.6 is 0 Å². The van der Waals surface area contributed by atoms with E-state index in [9.17, 15) is 8.42 Å². The largest absolute Gasteiger partial charge is 0.360 e. The second-order valence-electron chi connectivity index (χ2n) is 2.45. The van der Waals surface area contributed by atoms with Gasteiger partial charge in [0.1, 0.15) is 0 Å². The van der Waals surface area contributed by atoms with Gasteiger partial charge in [-0.1, -0.05) is 0 Å². The van der Waals surface area contributed by atoms with E-state index in [0.717, 1.165) is 5.69 Å². The Kier molecular flexibility index (Phi) is 3.21. The van der Waals surface area contributed by atoms with Gasteiger partial charge in [0.25, 0.3) is 10.1 Å². The Bertz CT molecular complexity index is 366. The minimum atomic E-state index is -3.89. The second kappa shape index (κ2) is 4.20. The van der Waals surface area contributed by atoms with Gasteiger partial charge in [0.2, 0.25) is 0 Å². The molecular formula is C7H10N2O3S. The quantitative estimate of drug-likeness (QED) is 0.545. The molecule has 6 heteroatoms. The molecule has 0 amide bonds. The Labute approximate surface area is 76.3 Å². The van der Waals surface area contributed by atoms with Gasteiger partial charge < -0.3 is 4.98 Å². The molecule has 1 heterocycles. The molecule has 0 aliphatic rings. The molecule has 0 aliphatic heterocycles. The number of nitrogens with zero attached hydrogens (tertiary/aromatic N) is 1. The van der Waals surface area contributed by atoms with Gasteiger partial charge >= 0.3 is 0 Å². The molecule has 1 aromatic heterocycles. The van der Waals surface area contributed by atoms with E-state index in [-0.39, 0.29) is 12.3 Å². The van der Waals surface area contributed by atoms with Crippen LogP contribution in [0.3, 0.4) is 0 Å². The molecule has 2 N–H and O–H groups in total. The first kappa shape index (κ1) is 9.94. The molecule has 0 aliphatic carbocycles. The summed E-state index contributed by atoms with van der Waals surface area (Å²) in [6, 6.07) is 3.61. The fourth-order valence-corrected chi connectivity index (χ4v) is 1.09. The number of hydrogen-bond acceptors (Lipinski definition) is 3. The molecular weight excluding hydrogens is 192 g/mol. The van der Waals surface area contributed by atoms with Crippen molar-refractivity contribution in [3.8, 4) is 0 Å². The number of rotatable bonds is 4. The molecule has 0 aromatic carbocycles. The van der Waals surface area contributed by atoms with E-state index in [1.165, 1.54) is 6.21 Å². The molecule has 0 unspecified atom stereocenters. The lowest BCUT2D eigenvalue weighted by molar-refractivity contribution is 0.483. The Morgan fingerprint density at radius 2 is 2.38 bits per heavy atom. The summed E-state index contributed by atoms with van der Waals surface area (Å²) < 4.78 is 28.9. The zero-order valence-corrected chi connectivity index (χ0v) is 7.66. The first-order valence-electron chi connectivity index (χ1n) is 3.66. The average molecular weight is 202 g/mol. The molecule has 0 saturated heterocycles. The third-order valence-electron chi connectivity index (χ3n) is 1.33. The normalized spacial score (nSPS) is 12.4. The summed E-state index contributed by atoms with van der Waals surface area (Å²) in [5.41, 5.74) is 0.801. The molecule has 0 atom stereocenters. The van der Waals surface area contributed by atoms with Crippen LogP contribution < -0.4 is 0 Å². The van der Waals surface area contributed by atoms with Crippen LogP contribution in [0, 0.1) is 0 Å². The first-order valence-corrected chi connectivity index (χ1v) is 5.27. The van der Waals surface area contributed by atoms with Gasteiger partial charge in [-0.2, -0.15) is 8.42 Å². The van der Waals surface area contributed by atoms with Crippen molar-refractivity contribution in [1.29, 1.82) is 0 Å². The van der Waals surface area contributed by atoms with Crippen molar-refractivity contribution in [2.75, 3.05) is 12.3 Å². The molecule has 1 rings (SSSR count). The van der Waals surface area contributed by atoms with Gasteiger partial charge in [-0.3, -0.25) is 9.55 Å². The number of aromatic amines is 1. The number of nitrogens with one attached hydrogen (secondary N) is 1. The third kappa shape index (κ3) is 4.44. The molecule has 0 saturated carbocycles. The molecule has 72 valence electrons. The summed E-state index contributed by atoms with van der Waals surface area (Å²) in [5, 5.41) is 0. The minimum absolute atomic E-state index is 0.0673. The summed E-state index contributed by atoms with van der Waals surface area (Å²) in [6.07, 6.45) is 3.26. The van der Waals surface area contributed by atoms with Crippen molar-refractivity contribution in [1.82, 2.24) is 4.98 Å². The van der Waals surface area contributed by atoms with E-state index >= 15 is 0 Å². The van der Waals surface area contributed by atoms with Gasteiger partial charge in [-0.05, 0) is 12.1 Å². The third-order valence-corrected chi connectivity index (χ3v) is 2.03. The summed E-state index contributed by atoms with van der Waals surface area (Å²) in [7, 11) is -3.89. The van der Waals surface area contributed by atoms with Crippen molar-refractivity contribution in [3.05, 3.63) is 24.0 Å². The highest BCUT2D eigenvalue weighted by Gasteiger charge is 2.00.